The number of aryl methyl sites for hydroxylation is 1. The third-order valence-corrected chi connectivity index (χ3v) is 4.49. The molecule has 2 aromatic rings. The van der Waals surface area contributed by atoms with Crippen LogP contribution in [-0.2, 0) is 0 Å². The van der Waals surface area contributed by atoms with Crippen LogP contribution in [0.15, 0.2) is 23.6 Å². The summed E-state index contributed by atoms with van der Waals surface area (Å²) in [6, 6.07) is 5.92. The van der Waals surface area contributed by atoms with Gasteiger partial charge in [-0.3, -0.25) is 5.84 Å². The van der Waals surface area contributed by atoms with Gasteiger partial charge in [0.15, 0.2) is 0 Å². The molecule has 1 heterocycles. The molecule has 1 atom stereocenters. The monoisotopic (exact) mass is 292 g/mol. The standard InChI is InChI=1S/C15H20N2O2S/c1-9-5-6-11(14(19-4)10(9)2)13(17-16)15-12(18-3)7-8-20-15/h5-8,13,17H,16H2,1-4H3. The number of rotatable bonds is 5. The molecule has 20 heavy (non-hydrogen) atoms. The summed E-state index contributed by atoms with van der Waals surface area (Å²) in [7, 11) is 3.35. The average Bonchev–Trinajstić information content (AvgIpc) is 2.92. The van der Waals surface area contributed by atoms with Crippen LogP contribution in [0.4, 0.5) is 0 Å². The minimum absolute atomic E-state index is 0.154. The predicted octanol–water partition coefficient (Wildman–Crippen LogP) is 2.93. The highest BCUT2D eigenvalue weighted by atomic mass is 32.1. The van der Waals surface area contributed by atoms with E-state index in [-0.39, 0.29) is 6.04 Å². The molecular formula is C15H20N2O2S. The second-order valence-corrected chi connectivity index (χ2v) is 5.53. The van der Waals surface area contributed by atoms with Gasteiger partial charge in [-0.05, 0) is 36.4 Å². The fourth-order valence-corrected chi connectivity index (χ4v) is 3.24. The quantitative estimate of drug-likeness (QED) is 0.657. The van der Waals surface area contributed by atoms with Gasteiger partial charge in [-0.25, -0.2) is 5.43 Å². The van der Waals surface area contributed by atoms with Crippen LogP contribution < -0.4 is 20.7 Å². The average molecular weight is 292 g/mol. The molecule has 0 bridgehead atoms. The lowest BCUT2D eigenvalue weighted by molar-refractivity contribution is 0.394. The Kier molecular flexibility index (Phi) is 4.65. The molecular weight excluding hydrogens is 272 g/mol. The van der Waals surface area contributed by atoms with Crippen molar-refractivity contribution >= 4 is 11.3 Å². The summed E-state index contributed by atoms with van der Waals surface area (Å²) < 4.78 is 11.0. The van der Waals surface area contributed by atoms with E-state index in [1.165, 1.54) is 5.56 Å². The van der Waals surface area contributed by atoms with E-state index >= 15 is 0 Å². The number of ether oxygens (including phenoxy) is 2. The maximum absolute atomic E-state index is 5.78. The summed E-state index contributed by atoms with van der Waals surface area (Å²) in [6.45, 7) is 4.12. The maximum atomic E-state index is 5.78. The highest BCUT2D eigenvalue weighted by Crippen LogP contribution is 2.39. The van der Waals surface area contributed by atoms with E-state index in [1.807, 2.05) is 17.5 Å². The molecule has 0 saturated heterocycles. The molecule has 0 aliphatic rings. The van der Waals surface area contributed by atoms with Crippen molar-refractivity contribution in [3.8, 4) is 11.5 Å². The van der Waals surface area contributed by atoms with E-state index in [1.54, 1.807) is 25.6 Å². The Labute approximate surface area is 123 Å². The predicted molar refractivity (Wildman–Crippen MR) is 82.5 cm³/mol. The number of hydrogen-bond donors (Lipinski definition) is 2. The molecule has 3 N–H and O–H groups in total. The molecule has 0 aliphatic heterocycles. The van der Waals surface area contributed by atoms with Gasteiger partial charge in [0.25, 0.3) is 0 Å². The number of nitrogens with one attached hydrogen (secondary N) is 1. The number of methoxy groups -OCH3 is 2. The zero-order chi connectivity index (χ0) is 14.7. The van der Waals surface area contributed by atoms with Crippen LogP contribution in [0.1, 0.15) is 27.6 Å². The molecule has 1 aromatic carbocycles. The molecule has 0 saturated carbocycles. The lowest BCUT2D eigenvalue weighted by atomic mass is 9.98. The fraction of sp³-hybridized carbons (Fsp3) is 0.333. The first-order valence-corrected chi connectivity index (χ1v) is 7.23. The van der Waals surface area contributed by atoms with Crippen molar-refractivity contribution in [1.29, 1.82) is 0 Å². The van der Waals surface area contributed by atoms with Crippen molar-refractivity contribution in [2.75, 3.05) is 14.2 Å². The molecule has 5 heteroatoms. The first-order valence-electron chi connectivity index (χ1n) is 6.35. The summed E-state index contributed by atoms with van der Waals surface area (Å²) in [5, 5.41) is 1.99. The van der Waals surface area contributed by atoms with Crippen LogP contribution in [0.5, 0.6) is 11.5 Å². The van der Waals surface area contributed by atoms with Crippen molar-refractivity contribution < 1.29 is 9.47 Å². The highest BCUT2D eigenvalue weighted by molar-refractivity contribution is 7.10. The normalized spacial score (nSPS) is 12.2. The molecule has 4 nitrogen and oxygen atoms in total. The Hall–Kier alpha value is -1.56. The van der Waals surface area contributed by atoms with Crippen LogP contribution in [0.3, 0.4) is 0 Å². The summed E-state index contributed by atoms with van der Waals surface area (Å²) >= 11 is 1.61. The van der Waals surface area contributed by atoms with Gasteiger partial charge in [-0.15, -0.1) is 11.3 Å². The van der Waals surface area contributed by atoms with Crippen LogP contribution >= 0.6 is 11.3 Å². The SMILES string of the molecule is COc1ccsc1C(NN)c1ccc(C)c(C)c1OC. The first kappa shape index (κ1) is 14.8. The highest BCUT2D eigenvalue weighted by Gasteiger charge is 2.23. The minimum atomic E-state index is -0.154. The molecule has 2 rings (SSSR count). The number of nitrogens with two attached hydrogens (primary N) is 1. The molecule has 0 amide bonds. The third kappa shape index (κ3) is 2.52. The lowest BCUT2D eigenvalue weighted by Gasteiger charge is -2.21. The van der Waals surface area contributed by atoms with E-state index in [9.17, 15) is 0 Å². The van der Waals surface area contributed by atoms with Crippen molar-refractivity contribution in [3.63, 3.8) is 0 Å². The summed E-state index contributed by atoms with van der Waals surface area (Å²) in [4.78, 5) is 1.04. The van der Waals surface area contributed by atoms with Gasteiger partial charge < -0.3 is 9.47 Å². The van der Waals surface area contributed by atoms with Crippen LogP contribution in [0.2, 0.25) is 0 Å². The van der Waals surface area contributed by atoms with Gasteiger partial charge >= 0.3 is 0 Å². The Bertz CT molecular complexity index is 596. The Balaban J connectivity index is 2.55. The minimum Gasteiger partial charge on any atom is -0.496 e. The van der Waals surface area contributed by atoms with Gasteiger partial charge in [0.2, 0.25) is 0 Å². The number of benzene rings is 1. The smallest absolute Gasteiger partial charge is 0.134 e. The van der Waals surface area contributed by atoms with Crippen molar-refractivity contribution in [2.45, 2.75) is 19.9 Å². The molecule has 108 valence electrons. The topological polar surface area (TPSA) is 56.5 Å². The van der Waals surface area contributed by atoms with Gasteiger partial charge in [-0.1, -0.05) is 12.1 Å². The third-order valence-electron chi connectivity index (χ3n) is 3.53. The first-order chi connectivity index (χ1) is 9.63. The Morgan fingerprint density at radius 2 is 1.90 bits per heavy atom. The number of hydrogen-bond acceptors (Lipinski definition) is 5. The van der Waals surface area contributed by atoms with E-state index < -0.39 is 0 Å². The molecule has 0 radical (unpaired) electrons. The molecule has 0 fully saturated rings. The van der Waals surface area contributed by atoms with E-state index in [0.29, 0.717) is 0 Å². The van der Waals surface area contributed by atoms with Crippen molar-refractivity contribution in [2.24, 2.45) is 5.84 Å². The van der Waals surface area contributed by atoms with E-state index in [4.69, 9.17) is 15.3 Å². The summed E-state index contributed by atoms with van der Waals surface area (Å²) in [5.41, 5.74) is 6.20. The van der Waals surface area contributed by atoms with Crippen molar-refractivity contribution in [3.05, 3.63) is 45.1 Å². The van der Waals surface area contributed by atoms with Crippen LogP contribution in [0.25, 0.3) is 0 Å². The van der Waals surface area contributed by atoms with E-state index in [0.717, 1.165) is 27.5 Å². The fourth-order valence-electron chi connectivity index (χ4n) is 2.30. The van der Waals surface area contributed by atoms with Crippen LogP contribution in [0, 0.1) is 13.8 Å². The maximum Gasteiger partial charge on any atom is 0.134 e. The Morgan fingerprint density at radius 1 is 1.15 bits per heavy atom. The van der Waals surface area contributed by atoms with Crippen molar-refractivity contribution in [1.82, 2.24) is 5.43 Å². The molecule has 1 unspecified atom stereocenters. The van der Waals surface area contributed by atoms with Gasteiger partial charge in [0.05, 0.1) is 25.1 Å². The zero-order valence-corrected chi connectivity index (χ0v) is 13.0. The zero-order valence-electron chi connectivity index (χ0n) is 12.2. The van der Waals surface area contributed by atoms with Gasteiger partial charge in [-0.2, -0.15) is 0 Å². The largest absolute Gasteiger partial charge is 0.496 e. The second kappa shape index (κ2) is 6.26. The van der Waals surface area contributed by atoms with Crippen LogP contribution in [-0.4, -0.2) is 14.2 Å². The number of hydrazine groups is 1. The summed E-state index contributed by atoms with van der Waals surface area (Å²) in [5.74, 6) is 7.47. The number of thiophene rings is 1. The second-order valence-electron chi connectivity index (χ2n) is 4.58. The van der Waals surface area contributed by atoms with Gasteiger partial charge in [0, 0.05) is 5.56 Å². The molecule has 1 aromatic heterocycles. The Morgan fingerprint density at radius 3 is 2.50 bits per heavy atom. The van der Waals surface area contributed by atoms with E-state index in [2.05, 4.69) is 25.3 Å². The van der Waals surface area contributed by atoms with Gasteiger partial charge in [0.1, 0.15) is 11.5 Å². The molecule has 0 aliphatic carbocycles. The summed E-state index contributed by atoms with van der Waals surface area (Å²) in [6.07, 6.45) is 0. The molecule has 0 spiro atoms. The lowest BCUT2D eigenvalue weighted by Crippen LogP contribution is -2.29.